The first kappa shape index (κ1) is 11.0. The topological polar surface area (TPSA) is 75.2 Å². The van der Waals surface area contributed by atoms with Gasteiger partial charge in [-0.25, -0.2) is 9.97 Å². The van der Waals surface area contributed by atoms with Gasteiger partial charge in [0.25, 0.3) is 5.91 Å². The summed E-state index contributed by atoms with van der Waals surface area (Å²) in [6.07, 6.45) is 3.10. The molecule has 0 aliphatic carbocycles. The van der Waals surface area contributed by atoms with Crippen LogP contribution < -0.4 is 5.32 Å². The van der Waals surface area contributed by atoms with Gasteiger partial charge in [0.05, 0.1) is 10.9 Å². The first-order chi connectivity index (χ1) is 7.59. The van der Waals surface area contributed by atoms with Crippen LogP contribution in [0.5, 0.6) is 0 Å². The Morgan fingerprint density at radius 2 is 2.31 bits per heavy atom. The van der Waals surface area contributed by atoms with Crippen LogP contribution in [0.4, 0.5) is 5.82 Å². The van der Waals surface area contributed by atoms with Crippen molar-refractivity contribution in [3.05, 3.63) is 17.0 Å². The number of carbonyl (C=O) groups excluding carboxylic acids is 2. The molecule has 1 aromatic heterocycles. The van der Waals surface area contributed by atoms with E-state index in [-0.39, 0.29) is 18.2 Å². The number of aromatic nitrogens is 2. The maximum atomic E-state index is 11.6. The molecular weight excluding hydrogens is 276 g/mol. The van der Waals surface area contributed by atoms with Crippen molar-refractivity contribution >= 4 is 33.6 Å². The molecule has 7 heteroatoms. The van der Waals surface area contributed by atoms with E-state index in [0.717, 1.165) is 4.90 Å². The molecule has 0 saturated carbocycles. The van der Waals surface area contributed by atoms with Crippen molar-refractivity contribution in [2.45, 2.75) is 12.5 Å². The van der Waals surface area contributed by atoms with Crippen LogP contribution in [0.15, 0.2) is 17.0 Å². The van der Waals surface area contributed by atoms with Gasteiger partial charge >= 0.3 is 0 Å². The van der Waals surface area contributed by atoms with Crippen LogP contribution in [-0.4, -0.2) is 39.8 Å². The highest BCUT2D eigenvalue weighted by molar-refractivity contribution is 9.10. The van der Waals surface area contributed by atoms with Crippen molar-refractivity contribution in [2.75, 3.05) is 12.4 Å². The molecule has 0 radical (unpaired) electrons. The SMILES string of the molecule is CN1C(=O)C[C@@H](Nc2ncncc2Br)C1=O. The van der Waals surface area contributed by atoms with Crippen LogP contribution in [0.2, 0.25) is 0 Å². The van der Waals surface area contributed by atoms with Crippen molar-refractivity contribution in [1.29, 1.82) is 0 Å². The van der Waals surface area contributed by atoms with Crippen molar-refractivity contribution in [3.8, 4) is 0 Å². The molecular formula is C9H9BrN4O2. The van der Waals surface area contributed by atoms with E-state index in [9.17, 15) is 9.59 Å². The summed E-state index contributed by atoms with van der Waals surface area (Å²) < 4.78 is 0.657. The van der Waals surface area contributed by atoms with Gasteiger partial charge in [0.15, 0.2) is 0 Å². The van der Waals surface area contributed by atoms with Gasteiger partial charge in [-0.2, -0.15) is 0 Å². The quantitative estimate of drug-likeness (QED) is 0.796. The number of likely N-dealkylation sites (tertiary alicyclic amines) is 1. The Bertz CT molecular complexity index is 451. The van der Waals surface area contributed by atoms with E-state index in [4.69, 9.17) is 0 Å². The molecule has 1 aliphatic rings. The van der Waals surface area contributed by atoms with Crippen LogP contribution in [0.3, 0.4) is 0 Å². The van der Waals surface area contributed by atoms with Gasteiger partial charge in [-0.05, 0) is 15.9 Å². The molecule has 1 N–H and O–H groups in total. The molecule has 2 rings (SSSR count). The summed E-state index contributed by atoms with van der Waals surface area (Å²) in [5, 5.41) is 2.91. The molecule has 6 nitrogen and oxygen atoms in total. The van der Waals surface area contributed by atoms with Crippen molar-refractivity contribution in [3.63, 3.8) is 0 Å². The summed E-state index contributed by atoms with van der Waals surface area (Å²) in [6.45, 7) is 0. The van der Waals surface area contributed by atoms with Gasteiger partial charge in [-0.1, -0.05) is 0 Å². The molecule has 0 spiro atoms. The summed E-state index contributed by atoms with van der Waals surface area (Å²) in [7, 11) is 1.47. The minimum Gasteiger partial charge on any atom is -0.357 e. The van der Waals surface area contributed by atoms with Crippen LogP contribution in [0.25, 0.3) is 0 Å². The lowest BCUT2D eigenvalue weighted by Gasteiger charge is -2.12. The summed E-state index contributed by atoms with van der Waals surface area (Å²) in [4.78, 5) is 31.8. The van der Waals surface area contributed by atoms with E-state index in [2.05, 4.69) is 31.2 Å². The number of likely N-dealkylation sites (N-methyl/N-ethyl adjacent to an activating group) is 1. The van der Waals surface area contributed by atoms with E-state index < -0.39 is 6.04 Å². The number of anilines is 1. The maximum absolute atomic E-state index is 11.6. The highest BCUT2D eigenvalue weighted by Gasteiger charge is 2.36. The van der Waals surface area contributed by atoms with Gasteiger partial charge in [-0.15, -0.1) is 0 Å². The Kier molecular flexibility index (Phi) is 2.86. The van der Waals surface area contributed by atoms with Gasteiger partial charge in [0.1, 0.15) is 18.2 Å². The monoisotopic (exact) mass is 284 g/mol. The highest BCUT2D eigenvalue weighted by Crippen LogP contribution is 2.21. The van der Waals surface area contributed by atoms with Crippen LogP contribution in [0, 0.1) is 0 Å². The lowest BCUT2D eigenvalue weighted by Crippen LogP contribution is -2.32. The molecule has 1 aliphatic heterocycles. The lowest BCUT2D eigenvalue weighted by atomic mass is 10.2. The van der Waals surface area contributed by atoms with Gasteiger partial charge < -0.3 is 5.32 Å². The summed E-state index contributed by atoms with van der Waals surface area (Å²) in [5.41, 5.74) is 0. The average molecular weight is 285 g/mol. The molecule has 0 unspecified atom stereocenters. The predicted octanol–water partition coefficient (Wildman–Crippen LogP) is 0.408. The Labute approximate surface area is 100 Å². The molecule has 2 amide bonds. The van der Waals surface area contributed by atoms with Crippen molar-refractivity contribution in [1.82, 2.24) is 14.9 Å². The third-order valence-electron chi connectivity index (χ3n) is 2.36. The zero-order chi connectivity index (χ0) is 11.7. The number of amides is 2. The lowest BCUT2D eigenvalue weighted by molar-refractivity contribution is -0.136. The second kappa shape index (κ2) is 4.17. The van der Waals surface area contributed by atoms with Crippen LogP contribution >= 0.6 is 15.9 Å². The third-order valence-corrected chi connectivity index (χ3v) is 2.94. The summed E-state index contributed by atoms with van der Waals surface area (Å²) >= 11 is 3.26. The average Bonchev–Trinajstić information content (AvgIpc) is 2.50. The number of nitrogens with zero attached hydrogens (tertiary/aromatic N) is 3. The molecule has 1 fully saturated rings. The number of rotatable bonds is 2. The number of hydrogen-bond acceptors (Lipinski definition) is 5. The van der Waals surface area contributed by atoms with Crippen LogP contribution in [-0.2, 0) is 9.59 Å². The molecule has 1 saturated heterocycles. The Balaban J connectivity index is 2.15. The summed E-state index contributed by atoms with van der Waals surface area (Å²) in [5.74, 6) is 0.0830. The van der Waals surface area contributed by atoms with Crippen molar-refractivity contribution < 1.29 is 9.59 Å². The highest BCUT2D eigenvalue weighted by atomic mass is 79.9. The first-order valence-corrected chi connectivity index (χ1v) is 5.41. The maximum Gasteiger partial charge on any atom is 0.251 e. The second-order valence-electron chi connectivity index (χ2n) is 3.41. The molecule has 1 atom stereocenters. The third kappa shape index (κ3) is 1.90. The number of imide groups is 1. The predicted molar refractivity (Wildman–Crippen MR) is 59.5 cm³/mol. The normalized spacial score (nSPS) is 20.4. The molecule has 0 bridgehead atoms. The van der Waals surface area contributed by atoms with E-state index in [0.29, 0.717) is 10.3 Å². The number of halogens is 1. The molecule has 84 valence electrons. The standard InChI is InChI=1S/C9H9BrN4O2/c1-14-7(15)2-6(9(14)16)13-8-5(10)3-11-4-12-8/h3-4,6H,2H2,1H3,(H,11,12,13)/t6-/m1/s1. The minimum atomic E-state index is -0.538. The van der Waals surface area contributed by atoms with Gasteiger partial charge in [-0.3, -0.25) is 14.5 Å². The smallest absolute Gasteiger partial charge is 0.251 e. The fourth-order valence-electron chi connectivity index (χ4n) is 1.45. The zero-order valence-electron chi connectivity index (χ0n) is 8.48. The molecule has 0 aromatic carbocycles. The van der Waals surface area contributed by atoms with E-state index >= 15 is 0 Å². The van der Waals surface area contributed by atoms with E-state index in [1.54, 1.807) is 6.20 Å². The Hall–Kier alpha value is -1.50. The zero-order valence-corrected chi connectivity index (χ0v) is 10.1. The number of carbonyl (C=O) groups is 2. The largest absolute Gasteiger partial charge is 0.357 e. The fraction of sp³-hybridized carbons (Fsp3) is 0.333. The van der Waals surface area contributed by atoms with E-state index in [1.807, 2.05) is 0 Å². The van der Waals surface area contributed by atoms with Crippen LogP contribution in [0.1, 0.15) is 6.42 Å². The molecule has 1 aromatic rings. The Morgan fingerprint density at radius 1 is 1.56 bits per heavy atom. The second-order valence-corrected chi connectivity index (χ2v) is 4.27. The fourth-order valence-corrected chi connectivity index (χ4v) is 1.79. The Morgan fingerprint density at radius 3 is 2.88 bits per heavy atom. The number of nitrogens with one attached hydrogen (secondary N) is 1. The first-order valence-electron chi connectivity index (χ1n) is 4.62. The van der Waals surface area contributed by atoms with Gasteiger partial charge in [0, 0.05) is 13.2 Å². The van der Waals surface area contributed by atoms with Gasteiger partial charge in [0.2, 0.25) is 5.91 Å². The van der Waals surface area contributed by atoms with Crippen molar-refractivity contribution in [2.24, 2.45) is 0 Å². The van der Waals surface area contributed by atoms with E-state index in [1.165, 1.54) is 13.4 Å². The molecule has 2 heterocycles. The number of hydrogen-bond donors (Lipinski definition) is 1. The summed E-state index contributed by atoms with van der Waals surface area (Å²) in [6, 6.07) is -0.538. The molecule has 16 heavy (non-hydrogen) atoms. The minimum absolute atomic E-state index is 0.159.